The molecule has 0 atom stereocenters. The van der Waals surface area contributed by atoms with Crippen LogP contribution in [0.5, 0.6) is 0 Å². The number of benzene rings is 2. The van der Waals surface area contributed by atoms with Gasteiger partial charge in [-0.15, -0.1) is 0 Å². The fourth-order valence-corrected chi connectivity index (χ4v) is 3.12. The quantitative estimate of drug-likeness (QED) is 0.530. The first kappa shape index (κ1) is 19.7. The first-order valence-corrected chi connectivity index (χ1v) is 9.16. The monoisotopic (exact) mass is 414 g/mol. The third-order valence-corrected chi connectivity index (χ3v) is 4.42. The maximum Gasteiger partial charge on any atom is 0.285 e. The Balaban J connectivity index is 1.70. The van der Waals surface area contributed by atoms with Crippen molar-refractivity contribution in [3.05, 3.63) is 65.6 Å². The third kappa shape index (κ3) is 4.62. The van der Waals surface area contributed by atoms with E-state index in [9.17, 15) is 4.79 Å². The molecule has 0 saturated heterocycles. The average Bonchev–Trinajstić information content (AvgIpc) is 3.11. The summed E-state index contributed by atoms with van der Waals surface area (Å²) in [6.45, 7) is 0. The van der Waals surface area contributed by atoms with Crippen LogP contribution in [0.4, 0.5) is 17.1 Å². The van der Waals surface area contributed by atoms with Crippen molar-refractivity contribution in [3.8, 4) is 11.1 Å². The summed E-state index contributed by atoms with van der Waals surface area (Å²) in [6.07, 6.45) is 1.44. The van der Waals surface area contributed by atoms with E-state index in [2.05, 4.69) is 10.6 Å². The largest absolute Gasteiger partial charge is 0.459 e. The topological polar surface area (TPSA) is 83.5 Å². The number of primary amides is 1. The van der Waals surface area contributed by atoms with Crippen LogP contribution in [0, 0.1) is 0 Å². The van der Waals surface area contributed by atoms with Gasteiger partial charge in [0.05, 0.1) is 6.26 Å². The van der Waals surface area contributed by atoms with Crippen LogP contribution in [-0.2, 0) is 0 Å². The molecule has 0 aliphatic carbocycles. The van der Waals surface area contributed by atoms with Crippen LogP contribution < -0.4 is 21.3 Å². The van der Waals surface area contributed by atoms with Crippen molar-refractivity contribution in [2.45, 2.75) is 0 Å². The number of carbonyl (C=O) groups is 1. The van der Waals surface area contributed by atoms with Crippen molar-refractivity contribution in [3.63, 3.8) is 0 Å². The smallest absolute Gasteiger partial charge is 0.285 e. The number of nitrogens with zero attached hydrogens (tertiary/aromatic N) is 1. The minimum absolute atomic E-state index is 0.135. The van der Waals surface area contributed by atoms with E-state index in [4.69, 9.17) is 34.0 Å². The van der Waals surface area contributed by atoms with Gasteiger partial charge in [-0.3, -0.25) is 4.79 Å². The van der Waals surface area contributed by atoms with Crippen molar-refractivity contribution in [1.82, 2.24) is 0 Å². The van der Waals surface area contributed by atoms with E-state index in [1.54, 1.807) is 12.1 Å². The van der Waals surface area contributed by atoms with Gasteiger partial charge in [-0.25, -0.2) is 0 Å². The molecule has 0 aliphatic heterocycles. The zero-order valence-electron chi connectivity index (χ0n) is 15.3. The van der Waals surface area contributed by atoms with E-state index < -0.39 is 5.91 Å². The molecule has 3 rings (SSSR count). The predicted octanol–water partition coefficient (Wildman–Crippen LogP) is 4.57. The van der Waals surface area contributed by atoms with Gasteiger partial charge in [-0.05, 0) is 54.2 Å². The summed E-state index contributed by atoms with van der Waals surface area (Å²) >= 11 is 11.6. The highest BCUT2D eigenvalue weighted by Crippen LogP contribution is 2.27. The van der Waals surface area contributed by atoms with Crippen LogP contribution in [-0.4, -0.2) is 25.1 Å². The van der Waals surface area contributed by atoms with Gasteiger partial charge in [0.1, 0.15) is 0 Å². The number of rotatable bonds is 5. The number of carbonyl (C=O) groups excluding carboxylic acids is 1. The molecule has 0 radical (unpaired) electrons. The molecular formula is C20H19ClN4O2S. The minimum Gasteiger partial charge on any atom is -0.459 e. The summed E-state index contributed by atoms with van der Waals surface area (Å²) < 4.78 is 5.14. The molecule has 0 unspecified atom stereocenters. The number of thiocarbonyl (C=S) groups is 1. The molecule has 1 aromatic heterocycles. The van der Waals surface area contributed by atoms with Crippen LogP contribution in [0.2, 0.25) is 5.02 Å². The number of nitrogens with one attached hydrogen (secondary N) is 2. The Morgan fingerprint density at radius 3 is 2.39 bits per heavy atom. The van der Waals surface area contributed by atoms with Crippen molar-refractivity contribution < 1.29 is 9.21 Å². The molecule has 0 fully saturated rings. The summed E-state index contributed by atoms with van der Waals surface area (Å²) in [5.74, 6) is -0.471. The lowest BCUT2D eigenvalue weighted by Gasteiger charge is -2.16. The van der Waals surface area contributed by atoms with Gasteiger partial charge in [-0.2, -0.15) is 0 Å². The normalized spacial score (nSPS) is 10.4. The van der Waals surface area contributed by atoms with E-state index in [-0.39, 0.29) is 5.76 Å². The Bertz CT molecular complexity index is 1020. The van der Waals surface area contributed by atoms with Crippen LogP contribution in [0.3, 0.4) is 0 Å². The second kappa shape index (κ2) is 8.33. The number of anilines is 3. The predicted molar refractivity (Wildman–Crippen MR) is 118 cm³/mol. The molecule has 6 nitrogen and oxygen atoms in total. The Hall–Kier alpha value is -3.03. The molecule has 1 amide bonds. The number of furan rings is 1. The highest BCUT2D eigenvalue weighted by atomic mass is 35.5. The van der Waals surface area contributed by atoms with Crippen LogP contribution >= 0.6 is 23.8 Å². The highest BCUT2D eigenvalue weighted by Gasteiger charge is 2.13. The van der Waals surface area contributed by atoms with Gasteiger partial charge < -0.3 is 25.7 Å². The average molecular weight is 415 g/mol. The zero-order chi connectivity index (χ0) is 20.3. The van der Waals surface area contributed by atoms with Crippen LogP contribution in [0.1, 0.15) is 10.6 Å². The molecule has 0 bridgehead atoms. The van der Waals surface area contributed by atoms with Gasteiger partial charge in [0, 0.05) is 41.7 Å². The lowest BCUT2D eigenvalue weighted by Crippen LogP contribution is -2.19. The zero-order valence-corrected chi connectivity index (χ0v) is 16.9. The van der Waals surface area contributed by atoms with E-state index in [0.29, 0.717) is 15.7 Å². The summed E-state index contributed by atoms with van der Waals surface area (Å²) in [5, 5.41) is 7.29. The van der Waals surface area contributed by atoms with Gasteiger partial charge >= 0.3 is 0 Å². The number of nitrogens with two attached hydrogens (primary N) is 1. The SMILES string of the molecule is CN(C)c1cc(Cl)cc(NC(=S)Nc2ccc(-c3ccoc3C(N)=O)cc2)c1. The second-order valence-electron chi connectivity index (χ2n) is 6.28. The number of hydrogen-bond donors (Lipinski definition) is 3. The van der Waals surface area contributed by atoms with Gasteiger partial charge in [0.15, 0.2) is 10.9 Å². The molecule has 2 aromatic carbocycles. The van der Waals surface area contributed by atoms with E-state index >= 15 is 0 Å². The van der Waals surface area contributed by atoms with Crippen molar-refractivity contribution in [1.29, 1.82) is 0 Å². The first-order valence-electron chi connectivity index (χ1n) is 8.37. The summed E-state index contributed by atoms with van der Waals surface area (Å²) in [7, 11) is 3.88. The molecule has 144 valence electrons. The van der Waals surface area contributed by atoms with Gasteiger partial charge in [-0.1, -0.05) is 23.7 Å². The highest BCUT2D eigenvalue weighted by molar-refractivity contribution is 7.80. The van der Waals surface area contributed by atoms with Crippen molar-refractivity contribution in [2.24, 2.45) is 5.73 Å². The molecule has 0 saturated carbocycles. The maximum absolute atomic E-state index is 11.4. The number of amides is 1. The Morgan fingerprint density at radius 1 is 1.07 bits per heavy atom. The Morgan fingerprint density at radius 2 is 1.75 bits per heavy atom. The number of hydrogen-bond acceptors (Lipinski definition) is 4. The molecule has 28 heavy (non-hydrogen) atoms. The van der Waals surface area contributed by atoms with Gasteiger partial charge in [0.25, 0.3) is 5.91 Å². The van der Waals surface area contributed by atoms with E-state index in [1.165, 1.54) is 6.26 Å². The first-order chi connectivity index (χ1) is 13.3. The standard InChI is InChI=1S/C20H19ClN4O2S/c1-25(2)16-10-13(21)9-15(11-16)24-20(28)23-14-5-3-12(4-6-14)17-7-8-27-18(17)19(22)26/h3-11H,1-2H3,(H2,22,26)(H2,23,24,28). The molecule has 0 aliphatic rings. The van der Waals surface area contributed by atoms with E-state index in [0.717, 1.165) is 22.6 Å². The Labute approximate surface area is 173 Å². The third-order valence-electron chi connectivity index (χ3n) is 4.00. The fraction of sp³-hybridized carbons (Fsp3) is 0.100. The minimum atomic E-state index is -0.605. The number of halogens is 1. The van der Waals surface area contributed by atoms with Crippen molar-refractivity contribution in [2.75, 3.05) is 29.6 Å². The maximum atomic E-state index is 11.4. The lowest BCUT2D eigenvalue weighted by atomic mass is 10.1. The summed E-state index contributed by atoms with van der Waals surface area (Å²) in [6, 6.07) is 14.7. The van der Waals surface area contributed by atoms with Gasteiger partial charge in [0.2, 0.25) is 0 Å². The summed E-state index contributed by atoms with van der Waals surface area (Å²) in [4.78, 5) is 13.4. The molecule has 3 aromatic rings. The summed E-state index contributed by atoms with van der Waals surface area (Å²) in [5.41, 5.74) is 9.33. The van der Waals surface area contributed by atoms with Crippen LogP contribution in [0.25, 0.3) is 11.1 Å². The molecule has 1 heterocycles. The fourth-order valence-electron chi connectivity index (χ4n) is 2.66. The molecule has 4 N–H and O–H groups in total. The molecule has 8 heteroatoms. The van der Waals surface area contributed by atoms with Crippen LogP contribution in [0.15, 0.2) is 59.2 Å². The molecule has 0 spiro atoms. The molecular weight excluding hydrogens is 396 g/mol. The van der Waals surface area contributed by atoms with Crippen molar-refractivity contribution >= 4 is 51.9 Å². The lowest BCUT2D eigenvalue weighted by molar-refractivity contribution is 0.0975. The Kier molecular flexibility index (Phi) is 5.87. The second-order valence-corrected chi connectivity index (χ2v) is 7.12. The van der Waals surface area contributed by atoms with E-state index in [1.807, 2.05) is 55.4 Å².